The number of hydrogen-bond donors (Lipinski definition) is 0. The largest absolute Gasteiger partial charge is 0.419 e. The van der Waals surface area contributed by atoms with Gasteiger partial charge in [-0.2, -0.15) is 18.4 Å². The number of halogens is 4. The molecule has 2 aromatic heterocycles. The van der Waals surface area contributed by atoms with Gasteiger partial charge in [-0.05, 0) is 22.8 Å². The molecule has 1 aromatic carbocycles. The Labute approximate surface area is 167 Å². The van der Waals surface area contributed by atoms with Crippen molar-refractivity contribution in [2.24, 2.45) is 0 Å². The molecule has 30 heavy (non-hydrogen) atoms. The van der Waals surface area contributed by atoms with E-state index in [-0.39, 0.29) is 42.5 Å². The normalized spacial score (nSPS) is 13.2. The summed E-state index contributed by atoms with van der Waals surface area (Å²) in [5.74, 6) is -1.78. The summed E-state index contributed by atoms with van der Waals surface area (Å²) in [7, 11) is 0. The number of alkyl halides is 3. The van der Waals surface area contributed by atoms with Gasteiger partial charge in [0.15, 0.2) is 5.82 Å². The number of benzene rings is 1. The van der Waals surface area contributed by atoms with Crippen LogP contribution in [0.3, 0.4) is 0 Å². The van der Waals surface area contributed by atoms with E-state index in [9.17, 15) is 22.4 Å². The van der Waals surface area contributed by atoms with Crippen LogP contribution in [0.1, 0.15) is 22.5 Å². The van der Waals surface area contributed by atoms with E-state index in [2.05, 4.69) is 15.1 Å². The molecule has 0 atom stereocenters. The Morgan fingerprint density at radius 3 is 2.67 bits per heavy atom. The fraction of sp³-hybridized carbons (Fsp3) is 0.211. The molecule has 0 radical (unpaired) electrons. The zero-order chi connectivity index (χ0) is 21.5. The van der Waals surface area contributed by atoms with Crippen LogP contribution in [-0.2, 0) is 30.6 Å². The van der Waals surface area contributed by atoms with E-state index in [1.165, 1.54) is 28.0 Å². The first-order chi connectivity index (χ1) is 14.3. The number of amides is 1. The van der Waals surface area contributed by atoms with Crippen molar-refractivity contribution in [3.05, 3.63) is 65.3 Å². The molecule has 0 N–H and O–H groups in total. The molecule has 1 amide bonds. The fourth-order valence-electron chi connectivity index (χ4n) is 3.34. The molecule has 0 saturated carbocycles. The van der Waals surface area contributed by atoms with Crippen molar-refractivity contribution >= 4 is 5.91 Å². The molecule has 0 spiro atoms. The summed E-state index contributed by atoms with van der Waals surface area (Å²) in [6.45, 7) is 0.343. The summed E-state index contributed by atoms with van der Waals surface area (Å²) in [6, 6.07) is 6.35. The quantitative estimate of drug-likeness (QED) is 0.613. The fourth-order valence-corrected chi connectivity index (χ4v) is 3.34. The third kappa shape index (κ3) is 3.59. The van der Waals surface area contributed by atoms with Crippen LogP contribution in [0.2, 0.25) is 0 Å². The first kappa shape index (κ1) is 19.5. The molecular formula is C19H12F4N6O. The van der Waals surface area contributed by atoms with E-state index in [1.807, 2.05) is 0 Å². The van der Waals surface area contributed by atoms with Crippen molar-refractivity contribution < 1.29 is 22.4 Å². The molecule has 0 fully saturated rings. The second-order valence-electron chi connectivity index (χ2n) is 6.65. The minimum absolute atomic E-state index is 0.0543. The lowest BCUT2D eigenvalue weighted by Crippen LogP contribution is -2.29. The van der Waals surface area contributed by atoms with Crippen LogP contribution in [0.4, 0.5) is 17.6 Å². The number of carbonyl (C=O) groups excluding carboxylic acids is 1. The zero-order valence-corrected chi connectivity index (χ0v) is 15.2. The van der Waals surface area contributed by atoms with Gasteiger partial charge in [-0.3, -0.25) is 9.78 Å². The highest BCUT2D eigenvalue weighted by atomic mass is 19.4. The lowest BCUT2D eigenvalue weighted by atomic mass is 9.98. The van der Waals surface area contributed by atoms with Gasteiger partial charge < -0.3 is 4.90 Å². The van der Waals surface area contributed by atoms with Gasteiger partial charge in [-0.15, -0.1) is 5.10 Å². The first-order valence-corrected chi connectivity index (χ1v) is 8.66. The molecule has 152 valence electrons. The SMILES string of the molecule is N#Cc1ncn(CC(=O)N2Cc3ccc(-c4cncc(F)c4C(F)(F)F)cc3C2)n1. The number of hydrogen-bond acceptors (Lipinski definition) is 5. The number of pyridine rings is 1. The number of nitriles is 1. The average molecular weight is 416 g/mol. The molecule has 3 aromatic rings. The molecule has 7 nitrogen and oxygen atoms in total. The van der Waals surface area contributed by atoms with Crippen molar-refractivity contribution in [2.75, 3.05) is 0 Å². The number of fused-ring (bicyclic) bond motifs is 1. The van der Waals surface area contributed by atoms with Crippen molar-refractivity contribution in [1.29, 1.82) is 5.26 Å². The van der Waals surface area contributed by atoms with Crippen LogP contribution >= 0.6 is 0 Å². The maximum Gasteiger partial charge on any atom is 0.419 e. The number of nitrogens with zero attached hydrogens (tertiary/aromatic N) is 6. The van der Waals surface area contributed by atoms with Crippen LogP contribution in [0.25, 0.3) is 11.1 Å². The Kier molecular flexibility index (Phi) is 4.69. The molecule has 0 unspecified atom stereocenters. The predicted molar refractivity (Wildman–Crippen MR) is 93.6 cm³/mol. The second kappa shape index (κ2) is 7.22. The molecule has 0 bridgehead atoms. The second-order valence-corrected chi connectivity index (χ2v) is 6.65. The molecule has 1 aliphatic heterocycles. The molecule has 0 saturated heterocycles. The standard InChI is InChI=1S/C19H12F4N6O/c20-15-6-25-5-14(18(15)19(21,22)23)11-1-2-12-7-28(8-13(12)3-11)17(30)9-29-10-26-16(4-24)27-29/h1-3,5-6,10H,7-9H2. The summed E-state index contributed by atoms with van der Waals surface area (Å²) in [5, 5.41) is 12.6. The zero-order valence-electron chi connectivity index (χ0n) is 15.2. The van der Waals surface area contributed by atoms with Crippen LogP contribution < -0.4 is 0 Å². The predicted octanol–water partition coefficient (Wildman–Crippen LogP) is 2.91. The lowest BCUT2D eigenvalue weighted by Gasteiger charge is -2.15. The molecule has 4 rings (SSSR count). The van der Waals surface area contributed by atoms with E-state index in [0.29, 0.717) is 11.8 Å². The molecule has 11 heteroatoms. The van der Waals surface area contributed by atoms with Gasteiger partial charge in [-0.1, -0.05) is 12.1 Å². The Bertz CT molecular complexity index is 1180. The van der Waals surface area contributed by atoms with Crippen LogP contribution in [-0.4, -0.2) is 30.6 Å². The molecule has 1 aliphatic rings. The number of rotatable bonds is 3. The highest BCUT2D eigenvalue weighted by Gasteiger charge is 2.37. The van der Waals surface area contributed by atoms with Crippen molar-refractivity contribution in [3.63, 3.8) is 0 Å². The summed E-state index contributed by atoms with van der Waals surface area (Å²) >= 11 is 0. The third-order valence-corrected chi connectivity index (χ3v) is 4.71. The van der Waals surface area contributed by atoms with Gasteiger partial charge in [0.25, 0.3) is 5.82 Å². The number of carbonyl (C=O) groups is 1. The molecule has 3 heterocycles. The van der Waals surface area contributed by atoms with E-state index in [1.54, 1.807) is 12.1 Å². The maximum atomic E-state index is 13.8. The first-order valence-electron chi connectivity index (χ1n) is 8.66. The Balaban J connectivity index is 1.58. The van der Waals surface area contributed by atoms with E-state index in [4.69, 9.17) is 5.26 Å². The maximum absolute atomic E-state index is 13.8. The van der Waals surface area contributed by atoms with Gasteiger partial charge >= 0.3 is 6.18 Å². The van der Waals surface area contributed by atoms with E-state index < -0.39 is 17.6 Å². The summed E-state index contributed by atoms with van der Waals surface area (Å²) in [5.41, 5.74) is -0.127. The Morgan fingerprint density at radius 1 is 1.20 bits per heavy atom. The van der Waals surface area contributed by atoms with Gasteiger partial charge in [0, 0.05) is 24.8 Å². The topological polar surface area (TPSA) is 87.7 Å². The minimum Gasteiger partial charge on any atom is -0.332 e. The number of aromatic nitrogens is 4. The van der Waals surface area contributed by atoms with E-state index in [0.717, 1.165) is 11.8 Å². The van der Waals surface area contributed by atoms with Crippen LogP contribution in [0.5, 0.6) is 0 Å². The van der Waals surface area contributed by atoms with Crippen LogP contribution in [0.15, 0.2) is 36.9 Å². The third-order valence-electron chi connectivity index (χ3n) is 4.71. The van der Waals surface area contributed by atoms with Gasteiger partial charge in [0.05, 0.1) is 6.20 Å². The summed E-state index contributed by atoms with van der Waals surface area (Å²) in [6.07, 6.45) is -2.10. The monoisotopic (exact) mass is 416 g/mol. The smallest absolute Gasteiger partial charge is 0.332 e. The molecular weight excluding hydrogens is 404 g/mol. The summed E-state index contributed by atoms with van der Waals surface area (Å²) in [4.78, 5) is 21.3. The summed E-state index contributed by atoms with van der Waals surface area (Å²) < 4.78 is 55.0. The lowest BCUT2D eigenvalue weighted by molar-refractivity contribution is -0.139. The van der Waals surface area contributed by atoms with Crippen molar-refractivity contribution in [2.45, 2.75) is 25.8 Å². The van der Waals surface area contributed by atoms with Crippen LogP contribution in [0, 0.1) is 17.1 Å². The Morgan fingerprint density at radius 2 is 1.97 bits per heavy atom. The Hall–Kier alpha value is -3.81. The molecule has 0 aliphatic carbocycles. The van der Waals surface area contributed by atoms with Gasteiger partial charge in [0.2, 0.25) is 5.91 Å². The van der Waals surface area contributed by atoms with Gasteiger partial charge in [-0.25, -0.2) is 14.1 Å². The van der Waals surface area contributed by atoms with Crippen molar-refractivity contribution in [3.8, 4) is 17.2 Å². The minimum atomic E-state index is -4.87. The van der Waals surface area contributed by atoms with E-state index >= 15 is 0 Å². The van der Waals surface area contributed by atoms with Crippen molar-refractivity contribution in [1.82, 2.24) is 24.6 Å². The highest BCUT2D eigenvalue weighted by Crippen LogP contribution is 2.39. The average Bonchev–Trinajstić information content (AvgIpc) is 3.32. The highest BCUT2D eigenvalue weighted by molar-refractivity contribution is 5.77. The van der Waals surface area contributed by atoms with Gasteiger partial charge in [0.1, 0.15) is 24.5 Å².